The molecular formula is C17H26N2O2. The molecule has 1 aromatic rings. The van der Waals surface area contributed by atoms with Gasteiger partial charge in [-0.2, -0.15) is 0 Å². The summed E-state index contributed by atoms with van der Waals surface area (Å²) in [6.45, 7) is 8.18. The number of esters is 1. The van der Waals surface area contributed by atoms with Crippen LogP contribution in [0.3, 0.4) is 0 Å². The van der Waals surface area contributed by atoms with Crippen LogP contribution in [-0.2, 0) is 16.0 Å². The summed E-state index contributed by atoms with van der Waals surface area (Å²) < 4.78 is 5.15. The smallest absolute Gasteiger partial charge is 0.323 e. The predicted molar refractivity (Wildman–Crippen MR) is 85.7 cm³/mol. The quantitative estimate of drug-likeness (QED) is 0.783. The van der Waals surface area contributed by atoms with Gasteiger partial charge >= 0.3 is 5.97 Å². The Labute approximate surface area is 127 Å². The van der Waals surface area contributed by atoms with Crippen LogP contribution in [0.25, 0.3) is 0 Å². The van der Waals surface area contributed by atoms with Gasteiger partial charge in [0.2, 0.25) is 0 Å². The Hall–Kier alpha value is -1.55. The van der Waals surface area contributed by atoms with Crippen LogP contribution in [0.15, 0.2) is 24.3 Å². The monoisotopic (exact) mass is 290 g/mol. The van der Waals surface area contributed by atoms with Crippen molar-refractivity contribution in [1.82, 2.24) is 5.32 Å². The largest absolute Gasteiger partial charge is 0.465 e. The number of para-hydroxylation sites is 1. The zero-order valence-corrected chi connectivity index (χ0v) is 13.3. The summed E-state index contributed by atoms with van der Waals surface area (Å²) >= 11 is 0. The van der Waals surface area contributed by atoms with Crippen molar-refractivity contribution >= 4 is 11.7 Å². The first-order chi connectivity index (χ1) is 10.2. The van der Waals surface area contributed by atoms with Crippen molar-refractivity contribution in [2.75, 3.05) is 24.6 Å². The average Bonchev–Trinajstić information content (AvgIpc) is 2.79. The van der Waals surface area contributed by atoms with E-state index in [0.29, 0.717) is 12.6 Å². The molecule has 116 valence electrons. The Bertz CT molecular complexity index is 476. The molecule has 2 unspecified atom stereocenters. The van der Waals surface area contributed by atoms with Crippen LogP contribution in [0.4, 0.5) is 5.69 Å². The second-order valence-electron chi connectivity index (χ2n) is 5.53. The van der Waals surface area contributed by atoms with E-state index in [4.69, 9.17) is 4.74 Å². The van der Waals surface area contributed by atoms with E-state index in [2.05, 4.69) is 41.4 Å². The molecule has 0 aliphatic carbocycles. The fourth-order valence-electron chi connectivity index (χ4n) is 3.03. The highest BCUT2D eigenvalue weighted by Gasteiger charge is 2.27. The van der Waals surface area contributed by atoms with Crippen LogP contribution in [-0.4, -0.2) is 37.7 Å². The Kier molecular flexibility index (Phi) is 5.62. The molecule has 0 saturated carbocycles. The first-order valence-corrected chi connectivity index (χ1v) is 7.91. The van der Waals surface area contributed by atoms with Crippen LogP contribution >= 0.6 is 0 Å². The number of benzene rings is 1. The zero-order chi connectivity index (χ0) is 15.2. The third-order valence-electron chi connectivity index (χ3n) is 4.03. The van der Waals surface area contributed by atoms with Crippen LogP contribution < -0.4 is 10.2 Å². The first kappa shape index (κ1) is 15.8. The van der Waals surface area contributed by atoms with E-state index >= 15 is 0 Å². The lowest BCUT2D eigenvalue weighted by molar-refractivity contribution is -0.145. The van der Waals surface area contributed by atoms with Crippen molar-refractivity contribution in [3.05, 3.63) is 29.8 Å². The molecule has 1 aliphatic rings. The third-order valence-corrected chi connectivity index (χ3v) is 4.03. The number of rotatable bonds is 7. The van der Waals surface area contributed by atoms with E-state index in [1.807, 2.05) is 13.8 Å². The summed E-state index contributed by atoms with van der Waals surface area (Å²) in [6, 6.07) is 8.82. The van der Waals surface area contributed by atoms with Crippen LogP contribution in [0, 0.1) is 0 Å². The second kappa shape index (κ2) is 7.46. The number of hydrogen-bond acceptors (Lipinski definition) is 4. The van der Waals surface area contributed by atoms with E-state index in [1.54, 1.807) is 0 Å². The van der Waals surface area contributed by atoms with Gasteiger partial charge in [-0.25, -0.2) is 0 Å². The molecule has 0 bridgehead atoms. The summed E-state index contributed by atoms with van der Waals surface area (Å²) in [4.78, 5) is 14.4. The molecule has 0 radical (unpaired) electrons. The molecule has 1 heterocycles. The summed E-state index contributed by atoms with van der Waals surface area (Å²) in [5.41, 5.74) is 2.71. The maximum Gasteiger partial charge on any atom is 0.323 e. The van der Waals surface area contributed by atoms with Gasteiger partial charge in [0.25, 0.3) is 0 Å². The summed E-state index contributed by atoms with van der Waals surface area (Å²) in [7, 11) is 0. The highest BCUT2D eigenvalue weighted by atomic mass is 16.5. The fraction of sp³-hybridized carbons (Fsp3) is 0.588. The number of nitrogens with one attached hydrogen (secondary N) is 1. The Morgan fingerprint density at radius 1 is 1.43 bits per heavy atom. The van der Waals surface area contributed by atoms with Crippen molar-refractivity contribution in [2.45, 2.75) is 45.7 Å². The number of fused-ring (bicyclic) bond motifs is 1. The zero-order valence-electron chi connectivity index (χ0n) is 13.3. The van der Waals surface area contributed by atoms with Gasteiger partial charge in [-0.15, -0.1) is 0 Å². The number of carbonyl (C=O) groups excluding carboxylic acids is 1. The summed E-state index contributed by atoms with van der Waals surface area (Å²) in [5, 5.41) is 3.23. The lowest BCUT2D eigenvalue weighted by Crippen LogP contribution is -2.42. The van der Waals surface area contributed by atoms with Crippen LogP contribution in [0.5, 0.6) is 0 Å². The first-order valence-electron chi connectivity index (χ1n) is 7.91. The number of likely N-dealkylation sites (N-methyl/N-ethyl adjacent to an activating group) is 1. The minimum atomic E-state index is -0.213. The minimum absolute atomic E-state index is 0.139. The van der Waals surface area contributed by atoms with Crippen molar-refractivity contribution in [3.63, 3.8) is 0 Å². The van der Waals surface area contributed by atoms with Gasteiger partial charge in [0.15, 0.2) is 0 Å². The molecule has 0 amide bonds. The molecule has 2 atom stereocenters. The van der Waals surface area contributed by atoms with E-state index in [-0.39, 0.29) is 12.0 Å². The summed E-state index contributed by atoms with van der Waals surface area (Å²) in [6.07, 6.45) is 1.85. The number of hydrogen-bond donors (Lipinski definition) is 1. The fourth-order valence-corrected chi connectivity index (χ4v) is 3.03. The molecule has 2 rings (SSSR count). The molecule has 1 aliphatic heterocycles. The number of anilines is 1. The van der Waals surface area contributed by atoms with Gasteiger partial charge in [0, 0.05) is 18.3 Å². The molecule has 4 heteroatoms. The van der Waals surface area contributed by atoms with Crippen molar-refractivity contribution in [1.29, 1.82) is 0 Å². The molecule has 0 spiro atoms. The van der Waals surface area contributed by atoms with Gasteiger partial charge in [-0.1, -0.05) is 25.1 Å². The Morgan fingerprint density at radius 2 is 2.19 bits per heavy atom. The Morgan fingerprint density at radius 3 is 2.90 bits per heavy atom. The van der Waals surface area contributed by atoms with Crippen LogP contribution in [0.1, 0.15) is 32.8 Å². The predicted octanol–water partition coefficient (Wildman–Crippen LogP) is 2.37. The lowest BCUT2D eigenvalue weighted by atomic mass is 10.1. The van der Waals surface area contributed by atoms with Crippen molar-refractivity contribution in [2.24, 2.45) is 0 Å². The van der Waals surface area contributed by atoms with Gasteiger partial charge in [0.05, 0.1) is 6.61 Å². The van der Waals surface area contributed by atoms with Gasteiger partial charge in [-0.05, 0) is 44.9 Å². The number of nitrogens with zero attached hydrogens (tertiary/aromatic N) is 1. The average molecular weight is 290 g/mol. The highest BCUT2D eigenvalue weighted by Crippen LogP contribution is 2.31. The second-order valence-corrected chi connectivity index (χ2v) is 5.53. The van der Waals surface area contributed by atoms with E-state index in [1.165, 1.54) is 11.3 Å². The number of carbonyl (C=O) groups is 1. The molecule has 0 aromatic heterocycles. The normalized spacial score (nSPS) is 18.4. The molecule has 21 heavy (non-hydrogen) atoms. The number of ether oxygens (including phenoxy) is 1. The van der Waals surface area contributed by atoms with Gasteiger partial charge < -0.3 is 15.0 Å². The van der Waals surface area contributed by atoms with Gasteiger partial charge in [0.1, 0.15) is 6.04 Å². The van der Waals surface area contributed by atoms with E-state index in [9.17, 15) is 4.79 Å². The molecule has 0 fully saturated rings. The molecular weight excluding hydrogens is 264 g/mol. The van der Waals surface area contributed by atoms with E-state index in [0.717, 1.165) is 25.9 Å². The topological polar surface area (TPSA) is 41.6 Å². The summed E-state index contributed by atoms with van der Waals surface area (Å²) in [5.74, 6) is -0.139. The SMILES string of the molecule is CCNC(CCN1c2ccccc2CC1C)C(=O)OCC. The lowest BCUT2D eigenvalue weighted by Gasteiger charge is -2.27. The highest BCUT2D eigenvalue weighted by molar-refractivity contribution is 5.75. The van der Waals surface area contributed by atoms with Crippen molar-refractivity contribution in [3.8, 4) is 0 Å². The molecule has 0 saturated heterocycles. The van der Waals surface area contributed by atoms with Crippen LogP contribution in [0.2, 0.25) is 0 Å². The van der Waals surface area contributed by atoms with Crippen molar-refractivity contribution < 1.29 is 9.53 Å². The maximum absolute atomic E-state index is 12.0. The molecule has 1 aromatic carbocycles. The minimum Gasteiger partial charge on any atom is -0.465 e. The third kappa shape index (κ3) is 3.76. The van der Waals surface area contributed by atoms with Gasteiger partial charge in [-0.3, -0.25) is 4.79 Å². The molecule has 4 nitrogen and oxygen atoms in total. The molecule has 1 N–H and O–H groups in total. The Balaban J connectivity index is 1.99. The standard InChI is InChI=1S/C17H26N2O2/c1-4-18-15(17(20)21-5-2)10-11-19-13(3)12-14-8-6-7-9-16(14)19/h6-9,13,15,18H,4-5,10-12H2,1-3H3. The maximum atomic E-state index is 12.0. The van der Waals surface area contributed by atoms with E-state index < -0.39 is 0 Å².